The molecule has 0 aliphatic rings. The summed E-state index contributed by atoms with van der Waals surface area (Å²) in [7, 11) is 0. The summed E-state index contributed by atoms with van der Waals surface area (Å²) in [6.45, 7) is 4.26. The van der Waals surface area contributed by atoms with Crippen LogP contribution in [0.25, 0.3) is 22.6 Å². The van der Waals surface area contributed by atoms with Crippen molar-refractivity contribution in [2.75, 3.05) is 0 Å². The smallest absolute Gasteiger partial charge is 0.216 e. The molecule has 0 saturated heterocycles. The summed E-state index contributed by atoms with van der Waals surface area (Å²) >= 11 is 1.71. The van der Waals surface area contributed by atoms with Gasteiger partial charge in [-0.05, 0) is 58.5 Å². The maximum Gasteiger partial charge on any atom is 0.216 e. The average Bonchev–Trinajstić information content (AvgIpc) is 3.03. The number of rotatable bonds is 3. The van der Waals surface area contributed by atoms with E-state index in [9.17, 15) is 4.39 Å². The van der Waals surface area contributed by atoms with E-state index in [0.717, 1.165) is 12.0 Å². The largest absolute Gasteiger partial charge is 0.252 e. The molecule has 2 nitrogen and oxygen atoms in total. The summed E-state index contributed by atoms with van der Waals surface area (Å²) < 4.78 is 13.5. The highest BCUT2D eigenvalue weighted by atomic mass is 32.1. The van der Waals surface area contributed by atoms with Crippen LogP contribution in [0, 0.1) is 12.9 Å². The highest BCUT2D eigenvalue weighted by Crippen LogP contribution is 2.28. The van der Waals surface area contributed by atoms with Crippen molar-refractivity contribution in [2.45, 2.75) is 20.3 Å². The molecule has 0 spiro atoms. The van der Waals surface area contributed by atoms with Gasteiger partial charge in [0.25, 0.3) is 0 Å². The molecule has 1 N–H and O–H groups in total. The van der Waals surface area contributed by atoms with Gasteiger partial charge in [-0.1, -0.05) is 19.1 Å². The molecule has 2 aromatic heterocycles. The van der Waals surface area contributed by atoms with E-state index >= 15 is 0 Å². The molecule has 0 atom stereocenters. The highest BCUT2D eigenvalue weighted by molar-refractivity contribution is 7.08. The van der Waals surface area contributed by atoms with Crippen LogP contribution in [0.4, 0.5) is 4.39 Å². The van der Waals surface area contributed by atoms with Crippen molar-refractivity contribution in [3.8, 4) is 0 Å². The van der Waals surface area contributed by atoms with Crippen molar-refractivity contribution >= 4 is 33.9 Å². The van der Waals surface area contributed by atoms with Gasteiger partial charge < -0.3 is 0 Å². The first-order valence-electron chi connectivity index (χ1n) is 6.56. The molecule has 0 unspecified atom stereocenters. The van der Waals surface area contributed by atoms with Crippen molar-refractivity contribution in [2.24, 2.45) is 0 Å². The Hall–Kier alpha value is -1.94. The third-order valence-corrected chi connectivity index (χ3v) is 4.32. The molecular weight excluding hydrogens is 271 g/mol. The summed E-state index contributed by atoms with van der Waals surface area (Å²) in [4.78, 5) is 0. The van der Waals surface area contributed by atoms with Crippen LogP contribution in [0.2, 0.25) is 0 Å². The molecule has 0 amide bonds. The number of allylic oxidation sites excluding steroid dienone is 1. The Morgan fingerprint density at radius 3 is 2.95 bits per heavy atom. The molecule has 2 heterocycles. The lowest BCUT2D eigenvalue weighted by Crippen LogP contribution is -1.84. The normalized spacial score (nSPS) is 12.2. The number of aryl methyl sites for hydroxylation is 1. The van der Waals surface area contributed by atoms with Crippen molar-refractivity contribution in [3.63, 3.8) is 0 Å². The van der Waals surface area contributed by atoms with Gasteiger partial charge in [-0.2, -0.15) is 20.8 Å². The van der Waals surface area contributed by atoms with E-state index in [1.54, 1.807) is 11.3 Å². The van der Waals surface area contributed by atoms with E-state index in [0.29, 0.717) is 10.9 Å². The van der Waals surface area contributed by atoms with Gasteiger partial charge in [0.15, 0.2) is 0 Å². The second-order valence-electron chi connectivity index (χ2n) is 4.81. The van der Waals surface area contributed by atoms with Gasteiger partial charge in [0.05, 0.1) is 10.9 Å². The summed E-state index contributed by atoms with van der Waals surface area (Å²) in [5.74, 6) is -0.375. The van der Waals surface area contributed by atoms with Gasteiger partial charge in [-0.15, -0.1) is 0 Å². The van der Waals surface area contributed by atoms with Crippen LogP contribution in [0.3, 0.4) is 0 Å². The number of hydrogen-bond donors (Lipinski definition) is 1. The van der Waals surface area contributed by atoms with Gasteiger partial charge in [0.1, 0.15) is 0 Å². The SMILES string of the molecule is CC/C(=C\c1ccc2n[nH]c(F)c2c1)c1cscc1C. The number of aromatic nitrogens is 2. The molecule has 3 rings (SSSR count). The van der Waals surface area contributed by atoms with Crippen molar-refractivity contribution in [1.29, 1.82) is 0 Å². The fraction of sp³-hybridized carbons (Fsp3) is 0.188. The Morgan fingerprint density at radius 2 is 2.25 bits per heavy atom. The predicted molar refractivity (Wildman–Crippen MR) is 83.3 cm³/mol. The molecule has 0 bridgehead atoms. The number of hydrogen-bond acceptors (Lipinski definition) is 2. The maximum atomic E-state index is 13.5. The van der Waals surface area contributed by atoms with E-state index in [4.69, 9.17) is 0 Å². The number of aromatic amines is 1. The van der Waals surface area contributed by atoms with Crippen LogP contribution < -0.4 is 0 Å². The number of nitrogens with zero attached hydrogens (tertiary/aromatic N) is 1. The van der Waals surface area contributed by atoms with Gasteiger partial charge in [-0.3, -0.25) is 5.10 Å². The quantitative estimate of drug-likeness (QED) is 0.719. The minimum absolute atomic E-state index is 0.375. The number of halogens is 1. The lowest BCUT2D eigenvalue weighted by atomic mass is 10.00. The second kappa shape index (κ2) is 5.21. The zero-order valence-electron chi connectivity index (χ0n) is 11.4. The summed E-state index contributed by atoms with van der Waals surface area (Å²) in [5.41, 5.74) is 5.50. The number of thiophene rings is 1. The zero-order valence-corrected chi connectivity index (χ0v) is 12.2. The summed E-state index contributed by atoms with van der Waals surface area (Å²) in [5, 5.41) is 11.1. The van der Waals surface area contributed by atoms with E-state index < -0.39 is 0 Å². The Kier molecular flexibility index (Phi) is 3.40. The number of H-pyrrole nitrogens is 1. The molecular formula is C16H15FN2S. The highest BCUT2D eigenvalue weighted by Gasteiger charge is 2.07. The first-order valence-corrected chi connectivity index (χ1v) is 7.50. The Labute approximate surface area is 121 Å². The van der Waals surface area contributed by atoms with Crippen LogP contribution in [-0.4, -0.2) is 10.2 Å². The average molecular weight is 286 g/mol. The molecule has 0 aliphatic heterocycles. The van der Waals surface area contributed by atoms with Crippen LogP contribution >= 0.6 is 11.3 Å². The molecule has 0 saturated carbocycles. The molecule has 3 aromatic rings. The Balaban J connectivity index is 2.07. The lowest BCUT2D eigenvalue weighted by Gasteiger charge is -2.05. The third kappa shape index (κ3) is 2.27. The molecule has 0 aliphatic carbocycles. The first kappa shape index (κ1) is 13.1. The molecule has 0 fully saturated rings. The number of fused-ring (bicyclic) bond motifs is 1. The molecule has 20 heavy (non-hydrogen) atoms. The second-order valence-corrected chi connectivity index (χ2v) is 5.55. The maximum absolute atomic E-state index is 13.5. The number of nitrogens with one attached hydrogen (secondary N) is 1. The molecule has 102 valence electrons. The molecule has 1 aromatic carbocycles. The summed E-state index contributed by atoms with van der Waals surface area (Å²) in [6.07, 6.45) is 3.07. The van der Waals surface area contributed by atoms with Crippen LogP contribution in [0.1, 0.15) is 30.0 Å². The van der Waals surface area contributed by atoms with Crippen molar-refractivity contribution < 1.29 is 4.39 Å². The molecule has 4 heteroatoms. The minimum Gasteiger partial charge on any atom is -0.252 e. The van der Waals surface area contributed by atoms with Gasteiger partial charge in [0, 0.05) is 0 Å². The monoisotopic (exact) mass is 286 g/mol. The standard InChI is InChI=1S/C16H15FN2S/c1-3-12(14-9-20-8-10(14)2)6-11-4-5-15-13(7-11)16(17)19-18-15/h4-9H,3H2,1-2H3,(H,18,19)/b12-6+. The van der Waals surface area contributed by atoms with E-state index in [1.807, 2.05) is 18.2 Å². The van der Waals surface area contributed by atoms with Gasteiger partial charge in [-0.25, -0.2) is 0 Å². The third-order valence-electron chi connectivity index (χ3n) is 3.45. The number of benzene rings is 1. The molecule has 0 radical (unpaired) electrons. The van der Waals surface area contributed by atoms with Crippen LogP contribution in [0.5, 0.6) is 0 Å². The van der Waals surface area contributed by atoms with E-state index in [2.05, 4.69) is 40.9 Å². The van der Waals surface area contributed by atoms with E-state index in [1.165, 1.54) is 16.7 Å². The zero-order chi connectivity index (χ0) is 14.1. The minimum atomic E-state index is -0.375. The fourth-order valence-electron chi connectivity index (χ4n) is 2.35. The van der Waals surface area contributed by atoms with Crippen LogP contribution in [0.15, 0.2) is 29.0 Å². The Morgan fingerprint density at radius 1 is 1.40 bits per heavy atom. The van der Waals surface area contributed by atoms with Crippen molar-refractivity contribution in [3.05, 3.63) is 51.6 Å². The lowest BCUT2D eigenvalue weighted by molar-refractivity contribution is 0.588. The fourth-order valence-corrected chi connectivity index (χ4v) is 3.22. The van der Waals surface area contributed by atoms with Gasteiger partial charge in [0.2, 0.25) is 5.95 Å². The van der Waals surface area contributed by atoms with Crippen LogP contribution in [-0.2, 0) is 0 Å². The van der Waals surface area contributed by atoms with Crippen molar-refractivity contribution in [1.82, 2.24) is 10.2 Å². The topological polar surface area (TPSA) is 28.7 Å². The summed E-state index contributed by atoms with van der Waals surface area (Å²) in [6, 6.07) is 5.65. The first-order chi connectivity index (χ1) is 9.69. The Bertz CT molecular complexity index is 783. The predicted octanol–water partition coefficient (Wildman–Crippen LogP) is 5.02. The van der Waals surface area contributed by atoms with Gasteiger partial charge >= 0.3 is 0 Å². The van der Waals surface area contributed by atoms with E-state index in [-0.39, 0.29) is 5.95 Å².